The quantitative estimate of drug-likeness (QED) is 0.565. The fourth-order valence-electron chi connectivity index (χ4n) is 2.52. The zero-order chi connectivity index (χ0) is 17.7. The number of benzene rings is 1. The van der Waals surface area contributed by atoms with Crippen LogP contribution in [-0.2, 0) is 9.53 Å². The Morgan fingerprint density at radius 2 is 1.88 bits per heavy atom. The Morgan fingerprint density at radius 1 is 1.25 bits per heavy atom. The normalized spacial score (nSPS) is 19.7. The van der Waals surface area contributed by atoms with E-state index >= 15 is 0 Å². The first-order chi connectivity index (χ1) is 11.3. The third kappa shape index (κ3) is 5.96. The van der Waals surface area contributed by atoms with Crippen LogP contribution in [0.25, 0.3) is 0 Å². The maximum absolute atomic E-state index is 11.9. The van der Waals surface area contributed by atoms with Crippen LogP contribution in [0.3, 0.4) is 0 Å². The average Bonchev–Trinajstić information content (AvgIpc) is 3.23. The number of amides is 1. The SMILES string of the molecule is C[C@@H]1C[C@@H]1C(=O)Nc1ccc(C(=O)OCCCCC(C)(C)O)cc1. The van der Waals surface area contributed by atoms with Crippen molar-refractivity contribution in [3.05, 3.63) is 29.8 Å². The molecule has 1 aromatic rings. The van der Waals surface area contributed by atoms with E-state index in [1.807, 2.05) is 0 Å². The van der Waals surface area contributed by atoms with Crippen LogP contribution in [0.1, 0.15) is 56.8 Å². The fraction of sp³-hybridized carbons (Fsp3) is 0.579. The summed E-state index contributed by atoms with van der Waals surface area (Å²) in [4.78, 5) is 23.8. The lowest BCUT2D eigenvalue weighted by molar-refractivity contribution is -0.117. The summed E-state index contributed by atoms with van der Waals surface area (Å²) in [6, 6.07) is 6.75. The first-order valence-electron chi connectivity index (χ1n) is 8.57. The molecule has 2 atom stereocenters. The minimum atomic E-state index is -0.678. The molecular formula is C19H27NO4. The van der Waals surface area contributed by atoms with Crippen molar-refractivity contribution in [2.24, 2.45) is 11.8 Å². The molecule has 0 saturated heterocycles. The van der Waals surface area contributed by atoms with Gasteiger partial charge in [-0.1, -0.05) is 6.92 Å². The van der Waals surface area contributed by atoms with Crippen LogP contribution in [0, 0.1) is 11.8 Å². The summed E-state index contributed by atoms with van der Waals surface area (Å²) < 4.78 is 5.22. The minimum Gasteiger partial charge on any atom is -0.462 e. The molecule has 1 aromatic carbocycles. The van der Waals surface area contributed by atoms with Crippen molar-refractivity contribution >= 4 is 17.6 Å². The van der Waals surface area contributed by atoms with Gasteiger partial charge >= 0.3 is 5.97 Å². The van der Waals surface area contributed by atoms with Gasteiger partial charge in [0.1, 0.15) is 0 Å². The van der Waals surface area contributed by atoms with E-state index in [4.69, 9.17) is 4.74 Å². The molecule has 5 nitrogen and oxygen atoms in total. The van der Waals surface area contributed by atoms with Crippen molar-refractivity contribution in [2.75, 3.05) is 11.9 Å². The van der Waals surface area contributed by atoms with Crippen molar-refractivity contribution in [1.82, 2.24) is 0 Å². The first-order valence-corrected chi connectivity index (χ1v) is 8.57. The summed E-state index contributed by atoms with van der Waals surface area (Å²) in [5.74, 6) is 0.269. The number of carbonyl (C=O) groups excluding carboxylic acids is 2. The Bertz CT molecular complexity index is 574. The van der Waals surface area contributed by atoms with Gasteiger partial charge in [-0.2, -0.15) is 0 Å². The van der Waals surface area contributed by atoms with Crippen molar-refractivity contribution in [3.63, 3.8) is 0 Å². The molecule has 0 bridgehead atoms. The Morgan fingerprint density at radius 3 is 2.42 bits per heavy atom. The second kappa shape index (κ2) is 7.79. The van der Waals surface area contributed by atoms with E-state index in [2.05, 4.69) is 12.2 Å². The standard InChI is InChI=1S/C19H27NO4/c1-13-12-16(13)17(21)20-15-8-6-14(7-9-15)18(22)24-11-5-4-10-19(2,3)23/h6-9,13,16,23H,4-5,10-12H2,1-3H3,(H,20,21)/t13-,16+/m1/s1. The second-order valence-corrected chi connectivity index (χ2v) is 7.29. The van der Waals surface area contributed by atoms with Crippen LogP contribution in [0.5, 0.6) is 0 Å². The molecule has 2 rings (SSSR count). The Labute approximate surface area is 143 Å². The molecular weight excluding hydrogens is 306 g/mol. The van der Waals surface area contributed by atoms with E-state index in [9.17, 15) is 14.7 Å². The van der Waals surface area contributed by atoms with Gasteiger partial charge in [0.05, 0.1) is 17.8 Å². The number of hydrogen-bond donors (Lipinski definition) is 2. The van der Waals surface area contributed by atoms with E-state index in [1.54, 1.807) is 38.1 Å². The lowest BCUT2D eigenvalue weighted by atomic mass is 10.0. The minimum absolute atomic E-state index is 0.0460. The summed E-state index contributed by atoms with van der Waals surface area (Å²) in [5, 5.41) is 12.5. The first kappa shape index (κ1) is 18.5. The Balaban J connectivity index is 1.72. The van der Waals surface area contributed by atoms with E-state index in [0.717, 1.165) is 19.3 Å². The lowest BCUT2D eigenvalue weighted by Gasteiger charge is -2.16. The number of nitrogens with one attached hydrogen (secondary N) is 1. The number of hydrogen-bond acceptors (Lipinski definition) is 4. The van der Waals surface area contributed by atoms with Gasteiger partial charge in [0.25, 0.3) is 0 Å². The van der Waals surface area contributed by atoms with Crippen molar-refractivity contribution in [3.8, 4) is 0 Å². The fourth-order valence-corrected chi connectivity index (χ4v) is 2.52. The number of aliphatic hydroxyl groups is 1. The summed E-state index contributed by atoms with van der Waals surface area (Å²) >= 11 is 0. The van der Waals surface area contributed by atoms with Crippen LogP contribution in [0.15, 0.2) is 24.3 Å². The number of unbranched alkanes of at least 4 members (excludes halogenated alkanes) is 1. The maximum Gasteiger partial charge on any atom is 0.338 e. The summed E-state index contributed by atoms with van der Waals surface area (Å²) in [5.41, 5.74) is 0.485. The molecule has 0 spiro atoms. The highest BCUT2D eigenvalue weighted by Crippen LogP contribution is 2.38. The highest BCUT2D eigenvalue weighted by Gasteiger charge is 2.39. The molecule has 0 aliphatic heterocycles. The highest BCUT2D eigenvalue weighted by atomic mass is 16.5. The zero-order valence-corrected chi connectivity index (χ0v) is 14.7. The number of anilines is 1. The van der Waals surface area contributed by atoms with E-state index in [1.165, 1.54) is 0 Å². The Kier molecular flexibility index (Phi) is 5.99. The molecule has 1 fully saturated rings. The molecule has 0 unspecified atom stereocenters. The van der Waals surface area contributed by atoms with Crippen molar-refractivity contribution < 1.29 is 19.4 Å². The Hall–Kier alpha value is -1.88. The van der Waals surface area contributed by atoms with Gasteiger partial charge in [-0.15, -0.1) is 0 Å². The van der Waals surface area contributed by atoms with Gasteiger partial charge in [-0.25, -0.2) is 4.79 Å². The third-order valence-corrected chi connectivity index (χ3v) is 4.25. The summed E-state index contributed by atoms with van der Waals surface area (Å²) in [6.45, 7) is 5.93. The summed E-state index contributed by atoms with van der Waals surface area (Å²) in [6.07, 6.45) is 3.16. The summed E-state index contributed by atoms with van der Waals surface area (Å²) in [7, 11) is 0. The third-order valence-electron chi connectivity index (χ3n) is 4.25. The zero-order valence-electron chi connectivity index (χ0n) is 14.7. The van der Waals surface area contributed by atoms with Gasteiger partial charge < -0.3 is 15.2 Å². The highest BCUT2D eigenvalue weighted by molar-refractivity contribution is 5.95. The molecule has 1 saturated carbocycles. The van der Waals surface area contributed by atoms with Gasteiger partial charge in [0.15, 0.2) is 0 Å². The predicted molar refractivity (Wildman–Crippen MR) is 92.8 cm³/mol. The van der Waals surface area contributed by atoms with Crippen molar-refractivity contribution in [1.29, 1.82) is 0 Å². The topological polar surface area (TPSA) is 75.6 Å². The molecule has 5 heteroatoms. The molecule has 1 amide bonds. The molecule has 0 heterocycles. The van der Waals surface area contributed by atoms with Crippen LogP contribution >= 0.6 is 0 Å². The lowest BCUT2D eigenvalue weighted by Crippen LogP contribution is -2.18. The van der Waals surface area contributed by atoms with Crippen molar-refractivity contribution in [2.45, 2.75) is 52.1 Å². The molecule has 1 aliphatic rings. The van der Waals surface area contributed by atoms with Gasteiger partial charge in [-0.3, -0.25) is 4.79 Å². The molecule has 1 aliphatic carbocycles. The van der Waals surface area contributed by atoms with Crippen LogP contribution in [0.4, 0.5) is 5.69 Å². The number of carbonyl (C=O) groups is 2. The number of rotatable bonds is 8. The second-order valence-electron chi connectivity index (χ2n) is 7.29. The molecule has 2 N–H and O–H groups in total. The predicted octanol–water partition coefficient (Wildman–Crippen LogP) is 3.38. The van der Waals surface area contributed by atoms with E-state index < -0.39 is 5.60 Å². The van der Waals surface area contributed by atoms with Crippen LogP contribution in [-0.4, -0.2) is 29.2 Å². The monoisotopic (exact) mass is 333 g/mol. The van der Waals surface area contributed by atoms with Crippen LogP contribution < -0.4 is 5.32 Å². The molecule has 0 radical (unpaired) electrons. The van der Waals surface area contributed by atoms with Gasteiger partial charge in [-0.05, 0) is 69.7 Å². The maximum atomic E-state index is 11.9. The van der Waals surface area contributed by atoms with E-state index in [0.29, 0.717) is 30.2 Å². The average molecular weight is 333 g/mol. The van der Waals surface area contributed by atoms with E-state index in [-0.39, 0.29) is 17.8 Å². The smallest absolute Gasteiger partial charge is 0.338 e. The number of ether oxygens (including phenoxy) is 1. The molecule has 132 valence electrons. The number of esters is 1. The molecule has 0 aromatic heterocycles. The van der Waals surface area contributed by atoms with Gasteiger partial charge in [0, 0.05) is 11.6 Å². The van der Waals surface area contributed by atoms with Crippen LogP contribution in [0.2, 0.25) is 0 Å². The molecule has 24 heavy (non-hydrogen) atoms. The van der Waals surface area contributed by atoms with Gasteiger partial charge in [0.2, 0.25) is 5.91 Å². The largest absolute Gasteiger partial charge is 0.462 e.